The van der Waals surface area contributed by atoms with Crippen LogP contribution >= 0.6 is 0 Å². The second kappa shape index (κ2) is 8.17. The van der Waals surface area contributed by atoms with E-state index in [2.05, 4.69) is 0 Å². The standard InChI is InChI=1S/C22H26N2O2/c1-17(2)24(16-18-9-4-3-5-10-18)22(26)20-12-8-11-19(15-20)21(25)23-13-6-7-14-23/h3-5,8-12,15,17H,6-7,13-14,16H2,1-2H3. The fourth-order valence-corrected chi connectivity index (χ4v) is 3.32. The van der Waals surface area contributed by atoms with Gasteiger partial charge < -0.3 is 9.80 Å². The highest BCUT2D eigenvalue weighted by molar-refractivity contribution is 5.99. The molecule has 1 saturated heterocycles. The fourth-order valence-electron chi connectivity index (χ4n) is 3.32. The minimum atomic E-state index is -0.0417. The monoisotopic (exact) mass is 350 g/mol. The Morgan fingerprint density at radius 1 is 0.962 bits per heavy atom. The van der Waals surface area contributed by atoms with Crippen molar-refractivity contribution in [1.82, 2.24) is 9.80 Å². The third kappa shape index (κ3) is 4.13. The molecule has 26 heavy (non-hydrogen) atoms. The van der Waals surface area contributed by atoms with Crippen molar-refractivity contribution in [1.29, 1.82) is 0 Å². The lowest BCUT2D eigenvalue weighted by Crippen LogP contribution is -2.36. The van der Waals surface area contributed by atoms with Crippen molar-refractivity contribution in [3.8, 4) is 0 Å². The molecule has 0 unspecified atom stereocenters. The number of hydrogen-bond donors (Lipinski definition) is 0. The molecule has 1 heterocycles. The highest BCUT2D eigenvalue weighted by Crippen LogP contribution is 2.17. The lowest BCUT2D eigenvalue weighted by Gasteiger charge is -2.27. The molecule has 1 fully saturated rings. The van der Waals surface area contributed by atoms with Crippen LogP contribution in [0.5, 0.6) is 0 Å². The molecule has 0 radical (unpaired) electrons. The summed E-state index contributed by atoms with van der Waals surface area (Å²) in [6, 6.07) is 17.2. The zero-order chi connectivity index (χ0) is 18.5. The van der Waals surface area contributed by atoms with Crippen LogP contribution in [-0.2, 0) is 6.54 Å². The largest absolute Gasteiger partial charge is 0.339 e. The number of carbonyl (C=O) groups excluding carboxylic acids is 2. The van der Waals surface area contributed by atoms with Gasteiger partial charge in [-0.05, 0) is 50.5 Å². The first-order valence-electron chi connectivity index (χ1n) is 9.30. The highest BCUT2D eigenvalue weighted by atomic mass is 16.2. The molecule has 3 rings (SSSR count). The number of hydrogen-bond acceptors (Lipinski definition) is 2. The first kappa shape index (κ1) is 18.2. The summed E-state index contributed by atoms with van der Waals surface area (Å²) in [6.45, 7) is 6.20. The third-order valence-electron chi connectivity index (χ3n) is 4.83. The molecule has 136 valence electrons. The molecule has 0 atom stereocenters. The van der Waals surface area contributed by atoms with Gasteiger partial charge in [-0.3, -0.25) is 9.59 Å². The summed E-state index contributed by atoms with van der Waals surface area (Å²) >= 11 is 0. The maximum atomic E-state index is 13.1. The summed E-state index contributed by atoms with van der Waals surface area (Å²) in [5, 5.41) is 0. The zero-order valence-electron chi connectivity index (χ0n) is 15.5. The van der Waals surface area contributed by atoms with Gasteiger partial charge in [0.05, 0.1) is 0 Å². The molecule has 4 nitrogen and oxygen atoms in total. The summed E-state index contributed by atoms with van der Waals surface area (Å²) in [5.74, 6) is -0.0174. The average Bonchev–Trinajstić information content (AvgIpc) is 3.20. The van der Waals surface area contributed by atoms with Crippen LogP contribution in [0.3, 0.4) is 0 Å². The summed E-state index contributed by atoms with van der Waals surface area (Å²) < 4.78 is 0. The lowest BCUT2D eigenvalue weighted by atomic mass is 10.1. The SMILES string of the molecule is CC(C)N(Cc1ccccc1)C(=O)c1cccc(C(=O)N2CCCC2)c1. The maximum absolute atomic E-state index is 13.1. The van der Waals surface area contributed by atoms with Crippen LogP contribution in [0.1, 0.15) is 53.0 Å². The summed E-state index contributed by atoms with van der Waals surface area (Å²) in [5.41, 5.74) is 2.26. The number of amides is 2. The molecule has 0 saturated carbocycles. The Morgan fingerprint density at radius 3 is 2.27 bits per heavy atom. The number of benzene rings is 2. The van der Waals surface area contributed by atoms with Crippen LogP contribution in [0.15, 0.2) is 54.6 Å². The van der Waals surface area contributed by atoms with Gasteiger partial charge in [-0.15, -0.1) is 0 Å². The van der Waals surface area contributed by atoms with E-state index in [1.807, 2.05) is 54.0 Å². The van der Waals surface area contributed by atoms with E-state index >= 15 is 0 Å². The van der Waals surface area contributed by atoms with E-state index in [0.717, 1.165) is 31.5 Å². The minimum Gasteiger partial charge on any atom is -0.339 e. The van der Waals surface area contributed by atoms with Gasteiger partial charge in [-0.25, -0.2) is 0 Å². The van der Waals surface area contributed by atoms with E-state index in [1.54, 1.807) is 24.3 Å². The maximum Gasteiger partial charge on any atom is 0.254 e. The van der Waals surface area contributed by atoms with Crippen molar-refractivity contribution in [2.45, 2.75) is 39.3 Å². The summed E-state index contributed by atoms with van der Waals surface area (Å²) in [4.78, 5) is 29.4. The van der Waals surface area contributed by atoms with Gasteiger partial charge in [0.2, 0.25) is 0 Å². The molecule has 0 bridgehead atoms. The van der Waals surface area contributed by atoms with Crippen molar-refractivity contribution >= 4 is 11.8 Å². The van der Waals surface area contributed by atoms with E-state index in [1.165, 1.54) is 0 Å². The minimum absolute atomic E-state index is 0.0244. The molecule has 1 aliphatic heterocycles. The second-order valence-corrected chi connectivity index (χ2v) is 7.09. The number of carbonyl (C=O) groups is 2. The van der Waals surface area contributed by atoms with Crippen LogP contribution in [0.2, 0.25) is 0 Å². The van der Waals surface area contributed by atoms with Crippen molar-refractivity contribution in [3.63, 3.8) is 0 Å². The van der Waals surface area contributed by atoms with Crippen LogP contribution < -0.4 is 0 Å². The molecule has 0 N–H and O–H groups in total. The predicted octanol–water partition coefficient (Wildman–Crippen LogP) is 3.97. The predicted molar refractivity (Wildman–Crippen MR) is 103 cm³/mol. The van der Waals surface area contributed by atoms with Crippen molar-refractivity contribution in [2.75, 3.05) is 13.1 Å². The number of rotatable bonds is 5. The average molecular weight is 350 g/mol. The molecule has 2 aromatic carbocycles. The first-order valence-corrected chi connectivity index (χ1v) is 9.30. The number of likely N-dealkylation sites (tertiary alicyclic amines) is 1. The second-order valence-electron chi connectivity index (χ2n) is 7.09. The molecule has 0 aromatic heterocycles. The van der Waals surface area contributed by atoms with E-state index in [9.17, 15) is 9.59 Å². The smallest absolute Gasteiger partial charge is 0.254 e. The van der Waals surface area contributed by atoms with Crippen LogP contribution in [0.4, 0.5) is 0 Å². The zero-order valence-corrected chi connectivity index (χ0v) is 15.5. The van der Waals surface area contributed by atoms with Gasteiger partial charge in [-0.1, -0.05) is 36.4 Å². The van der Waals surface area contributed by atoms with E-state index < -0.39 is 0 Å². The van der Waals surface area contributed by atoms with Crippen molar-refractivity contribution in [3.05, 3.63) is 71.3 Å². The molecule has 2 aromatic rings. The molecule has 1 aliphatic rings. The van der Waals surface area contributed by atoms with Crippen LogP contribution in [0.25, 0.3) is 0 Å². The van der Waals surface area contributed by atoms with Gasteiger partial charge >= 0.3 is 0 Å². The third-order valence-corrected chi connectivity index (χ3v) is 4.83. The Kier molecular flexibility index (Phi) is 5.71. The van der Waals surface area contributed by atoms with Gasteiger partial charge in [0.25, 0.3) is 11.8 Å². The summed E-state index contributed by atoms with van der Waals surface area (Å²) in [6.07, 6.45) is 2.12. The van der Waals surface area contributed by atoms with E-state index in [4.69, 9.17) is 0 Å². The summed E-state index contributed by atoms with van der Waals surface area (Å²) in [7, 11) is 0. The topological polar surface area (TPSA) is 40.6 Å². The molecule has 2 amide bonds. The number of nitrogens with zero attached hydrogens (tertiary/aromatic N) is 2. The fraction of sp³-hybridized carbons (Fsp3) is 0.364. The Morgan fingerprint density at radius 2 is 1.62 bits per heavy atom. The van der Waals surface area contributed by atoms with Crippen LogP contribution in [0, 0.1) is 0 Å². The van der Waals surface area contributed by atoms with E-state index in [0.29, 0.717) is 17.7 Å². The van der Waals surface area contributed by atoms with Gasteiger partial charge in [0, 0.05) is 36.8 Å². The quantitative estimate of drug-likeness (QED) is 0.818. The van der Waals surface area contributed by atoms with Gasteiger partial charge in [-0.2, -0.15) is 0 Å². The van der Waals surface area contributed by atoms with Gasteiger partial charge in [0.1, 0.15) is 0 Å². The van der Waals surface area contributed by atoms with Crippen molar-refractivity contribution < 1.29 is 9.59 Å². The molecular weight excluding hydrogens is 324 g/mol. The van der Waals surface area contributed by atoms with Gasteiger partial charge in [0.15, 0.2) is 0 Å². The van der Waals surface area contributed by atoms with E-state index in [-0.39, 0.29) is 17.9 Å². The highest BCUT2D eigenvalue weighted by Gasteiger charge is 2.23. The Labute approximate surface area is 155 Å². The van der Waals surface area contributed by atoms with Crippen LogP contribution in [-0.4, -0.2) is 40.7 Å². The molecule has 4 heteroatoms. The Bertz CT molecular complexity index is 765. The first-order chi connectivity index (χ1) is 12.6. The van der Waals surface area contributed by atoms with Crippen molar-refractivity contribution in [2.24, 2.45) is 0 Å². The molecular formula is C22H26N2O2. The molecule has 0 spiro atoms. The lowest BCUT2D eigenvalue weighted by molar-refractivity contribution is 0.0690. The molecule has 0 aliphatic carbocycles. The Hall–Kier alpha value is -2.62. The Balaban J connectivity index is 1.80. The normalized spacial score (nSPS) is 13.9.